The molecule has 0 spiro atoms. The third-order valence-electron chi connectivity index (χ3n) is 2.71. The summed E-state index contributed by atoms with van der Waals surface area (Å²) in [5.41, 5.74) is 1.38. The van der Waals surface area contributed by atoms with Crippen molar-refractivity contribution >= 4 is 17.0 Å². The lowest BCUT2D eigenvalue weighted by Gasteiger charge is -2.06. The number of nitrogens with one attached hydrogen (secondary N) is 2. The Balaban J connectivity index is 2.13. The summed E-state index contributed by atoms with van der Waals surface area (Å²) in [7, 11) is 0. The molecule has 0 bridgehead atoms. The second-order valence-corrected chi connectivity index (χ2v) is 3.68. The van der Waals surface area contributed by atoms with Gasteiger partial charge in [0.2, 0.25) is 0 Å². The summed E-state index contributed by atoms with van der Waals surface area (Å²) in [6.45, 7) is 0.375. The molecule has 82 valence electrons. The van der Waals surface area contributed by atoms with Crippen LogP contribution < -0.4 is 5.32 Å². The number of ether oxygens (including phenoxy) is 1. The third-order valence-corrected chi connectivity index (χ3v) is 2.71. The zero-order valence-electron chi connectivity index (χ0n) is 8.29. The minimum absolute atomic E-state index is 0.309. The molecule has 3 rings (SSSR count). The molecule has 0 aliphatic carbocycles. The predicted octanol–water partition coefficient (Wildman–Crippen LogP) is 2.09. The van der Waals surface area contributed by atoms with Crippen LogP contribution in [0.15, 0.2) is 24.4 Å². The van der Waals surface area contributed by atoms with Crippen LogP contribution in [-0.4, -0.2) is 17.6 Å². The number of rotatable bonds is 1. The highest BCUT2D eigenvalue weighted by Gasteiger charge is 2.27. The van der Waals surface area contributed by atoms with Gasteiger partial charge in [0.25, 0.3) is 0 Å². The fraction of sp³-hybridized carbons (Fsp3) is 0.182. The van der Waals surface area contributed by atoms with Gasteiger partial charge in [-0.15, -0.1) is 0 Å². The Morgan fingerprint density at radius 2 is 2.31 bits per heavy atom. The van der Waals surface area contributed by atoms with E-state index in [1.165, 1.54) is 6.07 Å². The molecule has 1 aliphatic heterocycles. The first kappa shape index (κ1) is 9.21. The van der Waals surface area contributed by atoms with Crippen molar-refractivity contribution in [3.63, 3.8) is 0 Å². The van der Waals surface area contributed by atoms with E-state index in [-0.39, 0.29) is 5.82 Å². The largest absolute Gasteiger partial charge is 0.439 e. The molecule has 2 N–H and O–H groups in total. The first-order valence-corrected chi connectivity index (χ1v) is 4.95. The fourth-order valence-electron chi connectivity index (χ4n) is 1.98. The van der Waals surface area contributed by atoms with Gasteiger partial charge in [-0.25, -0.2) is 9.18 Å². The molecule has 1 aliphatic rings. The predicted molar refractivity (Wildman–Crippen MR) is 55.5 cm³/mol. The highest BCUT2D eigenvalue weighted by Crippen LogP contribution is 2.30. The van der Waals surface area contributed by atoms with Crippen LogP contribution in [0.1, 0.15) is 11.7 Å². The van der Waals surface area contributed by atoms with Crippen molar-refractivity contribution < 1.29 is 13.9 Å². The van der Waals surface area contributed by atoms with Gasteiger partial charge in [-0.1, -0.05) is 6.07 Å². The first-order chi connectivity index (χ1) is 7.75. The maximum absolute atomic E-state index is 13.6. The highest BCUT2D eigenvalue weighted by molar-refractivity contribution is 5.85. The van der Waals surface area contributed by atoms with Crippen molar-refractivity contribution in [1.29, 1.82) is 0 Å². The van der Waals surface area contributed by atoms with E-state index in [2.05, 4.69) is 10.3 Å². The van der Waals surface area contributed by atoms with Crippen LogP contribution in [0.4, 0.5) is 9.18 Å². The molecule has 0 saturated carbocycles. The number of cyclic esters (lactones) is 1. The normalized spacial score (nSPS) is 19.8. The van der Waals surface area contributed by atoms with Gasteiger partial charge in [0, 0.05) is 22.7 Å². The van der Waals surface area contributed by atoms with E-state index in [4.69, 9.17) is 4.74 Å². The number of carbonyl (C=O) groups is 1. The number of hydrogen-bond donors (Lipinski definition) is 2. The van der Waals surface area contributed by atoms with E-state index in [0.717, 1.165) is 0 Å². The van der Waals surface area contributed by atoms with Crippen LogP contribution in [0.5, 0.6) is 0 Å². The average Bonchev–Trinajstić information content (AvgIpc) is 2.84. The summed E-state index contributed by atoms with van der Waals surface area (Å²) >= 11 is 0. The summed E-state index contributed by atoms with van der Waals surface area (Å²) in [4.78, 5) is 13.9. The van der Waals surface area contributed by atoms with Crippen molar-refractivity contribution in [2.24, 2.45) is 0 Å². The van der Waals surface area contributed by atoms with Crippen molar-refractivity contribution in [2.45, 2.75) is 6.10 Å². The highest BCUT2D eigenvalue weighted by atomic mass is 19.1. The molecule has 5 heteroatoms. The lowest BCUT2D eigenvalue weighted by atomic mass is 10.1. The van der Waals surface area contributed by atoms with Crippen LogP contribution in [0.25, 0.3) is 10.9 Å². The second kappa shape index (κ2) is 3.23. The zero-order chi connectivity index (χ0) is 11.1. The van der Waals surface area contributed by atoms with Gasteiger partial charge in [0.15, 0.2) is 0 Å². The standard InChI is InChI=1S/C11H9FN2O2/c12-7-2-1-3-8-10(7)6(4-13-8)9-5-14-11(15)16-9/h1-4,9,13H,5H2,(H,14,15). The Bertz CT molecular complexity index is 564. The average molecular weight is 220 g/mol. The molecule has 0 radical (unpaired) electrons. The number of halogens is 1. The Labute approximate surface area is 90.4 Å². The Hall–Kier alpha value is -2.04. The minimum Gasteiger partial charge on any atom is -0.439 e. The molecule has 16 heavy (non-hydrogen) atoms. The van der Waals surface area contributed by atoms with Gasteiger partial charge < -0.3 is 15.0 Å². The smallest absolute Gasteiger partial charge is 0.407 e. The molecule has 1 fully saturated rings. The zero-order valence-corrected chi connectivity index (χ0v) is 8.29. The van der Waals surface area contributed by atoms with Gasteiger partial charge in [-0.05, 0) is 12.1 Å². The van der Waals surface area contributed by atoms with Gasteiger partial charge >= 0.3 is 6.09 Å². The molecule has 4 nitrogen and oxygen atoms in total. The number of fused-ring (bicyclic) bond motifs is 1. The number of hydrogen-bond acceptors (Lipinski definition) is 2. The molecule has 1 aromatic heterocycles. The lowest BCUT2D eigenvalue weighted by Crippen LogP contribution is -2.12. The molecule has 1 unspecified atom stereocenters. The van der Waals surface area contributed by atoms with E-state index < -0.39 is 12.2 Å². The first-order valence-electron chi connectivity index (χ1n) is 4.95. The van der Waals surface area contributed by atoms with Crippen molar-refractivity contribution in [3.05, 3.63) is 35.8 Å². The lowest BCUT2D eigenvalue weighted by molar-refractivity contribution is 0.141. The van der Waals surface area contributed by atoms with Crippen molar-refractivity contribution in [1.82, 2.24) is 10.3 Å². The number of amides is 1. The number of alkyl carbamates (subject to hydrolysis) is 1. The van der Waals surface area contributed by atoms with Crippen LogP contribution in [0.3, 0.4) is 0 Å². The van der Waals surface area contributed by atoms with Gasteiger partial charge in [0.05, 0.1) is 6.54 Å². The monoisotopic (exact) mass is 220 g/mol. The molecular weight excluding hydrogens is 211 g/mol. The molecule has 2 heterocycles. The number of H-pyrrole nitrogens is 1. The van der Waals surface area contributed by atoms with Gasteiger partial charge in [-0.2, -0.15) is 0 Å². The summed E-state index contributed by atoms with van der Waals surface area (Å²) in [6, 6.07) is 4.81. The van der Waals surface area contributed by atoms with Crippen molar-refractivity contribution in [3.8, 4) is 0 Å². The van der Waals surface area contributed by atoms with Crippen LogP contribution in [0.2, 0.25) is 0 Å². The summed E-state index contributed by atoms with van der Waals surface area (Å²) in [6.07, 6.45) is 0.799. The van der Waals surface area contributed by atoms with E-state index in [0.29, 0.717) is 23.0 Å². The summed E-state index contributed by atoms with van der Waals surface area (Å²) in [5, 5.41) is 3.03. The molecule has 1 atom stereocenters. The second-order valence-electron chi connectivity index (χ2n) is 3.68. The third kappa shape index (κ3) is 1.25. The molecule has 1 aromatic carbocycles. The van der Waals surface area contributed by atoms with Gasteiger partial charge in [-0.3, -0.25) is 0 Å². The van der Waals surface area contributed by atoms with Crippen LogP contribution >= 0.6 is 0 Å². The van der Waals surface area contributed by atoms with Crippen LogP contribution in [0, 0.1) is 5.82 Å². The molecule has 1 amide bonds. The van der Waals surface area contributed by atoms with Gasteiger partial charge in [0.1, 0.15) is 11.9 Å². The Morgan fingerprint density at radius 3 is 3.06 bits per heavy atom. The minimum atomic E-state index is -0.462. The summed E-state index contributed by atoms with van der Waals surface area (Å²) in [5.74, 6) is -0.309. The van der Waals surface area contributed by atoms with E-state index in [1.54, 1.807) is 18.3 Å². The fourth-order valence-corrected chi connectivity index (χ4v) is 1.98. The maximum atomic E-state index is 13.6. The SMILES string of the molecule is O=C1NCC(c2c[nH]c3cccc(F)c23)O1. The Morgan fingerprint density at radius 1 is 1.44 bits per heavy atom. The van der Waals surface area contributed by atoms with E-state index >= 15 is 0 Å². The number of aromatic nitrogens is 1. The quantitative estimate of drug-likeness (QED) is 0.773. The number of aromatic amines is 1. The number of carbonyl (C=O) groups excluding carboxylic acids is 1. The van der Waals surface area contributed by atoms with E-state index in [9.17, 15) is 9.18 Å². The van der Waals surface area contributed by atoms with Crippen LogP contribution in [-0.2, 0) is 4.74 Å². The summed E-state index contributed by atoms with van der Waals surface area (Å²) < 4.78 is 18.7. The molecule has 1 saturated heterocycles. The maximum Gasteiger partial charge on any atom is 0.407 e. The Kier molecular flexibility index (Phi) is 1.86. The molecule has 2 aromatic rings. The topological polar surface area (TPSA) is 54.1 Å². The van der Waals surface area contributed by atoms with E-state index in [1.807, 2.05) is 0 Å². The van der Waals surface area contributed by atoms with Crippen molar-refractivity contribution in [2.75, 3.05) is 6.54 Å². The molecular formula is C11H9FN2O2. The number of benzene rings is 1.